The third-order valence-electron chi connectivity index (χ3n) is 2.67. The Morgan fingerprint density at radius 1 is 1.56 bits per heavy atom. The highest BCUT2D eigenvalue weighted by atomic mass is 32.2. The number of rotatable bonds is 5. The lowest BCUT2D eigenvalue weighted by Gasteiger charge is -2.34. The van der Waals surface area contributed by atoms with Gasteiger partial charge in [-0.3, -0.25) is 0 Å². The van der Waals surface area contributed by atoms with Crippen LogP contribution in [-0.2, 0) is 10.2 Å². The fourth-order valence-corrected chi connectivity index (χ4v) is 4.46. The van der Waals surface area contributed by atoms with E-state index >= 15 is 0 Å². The summed E-state index contributed by atoms with van der Waals surface area (Å²) in [6.45, 7) is 3.59. The average molecular weight is 267 g/mol. The van der Waals surface area contributed by atoms with Gasteiger partial charge in [-0.05, 0) is 19.9 Å². The van der Waals surface area contributed by atoms with Gasteiger partial charge >= 0.3 is 0 Å². The Bertz CT molecular complexity index is 308. The Balaban J connectivity index is 2.67. The molecule has 5 nitrogen and oxygen atoms in total. The average Bonchev–Trinajstić information content (AvgIpc) is 2.26. The lowest BCUT2D eigenvalue weighted by Crippen LogP contribution is -2.50. The molecular formula is C9H21N3O2S2. The molecule has 0 aromatic heterocycles. The zero-order valence-electron chi connectivity index (χ0n) is 9.92. The van der Waals surface area contributed by atoms with E-state index in [4.69, 9.17) is 5.73 Å². The molecule has 2 N–H and O–H groups in total. The number of hydrogen-bond acceptors (Lipinski definition) is 4. The molecule has 1 unspecified atom stereocenters. The SMILES string of the molecule is CC1CSCCN1S(=O)(=O)N(C)CCCN. The second-order valence-corrected chi connectivity index (χ2v) is 7.14. The van der Waals surface area contributed by atoms with Gasteiger partial charge in [-0.25, -0.2) is 0 Å². The highest BCUT2D eigenvalue weighted by Gasteiger charge is 2.32. The van der Waals surface area contributed by atoms with Crippen LogP contribution >= 0.6 is 11.8 Å². The summed E-state index contributed by atoms with van der Waals surface area (Å²) in [6, 6.07) is 0.0871. The smallest absolute Gasteiger partial charge is 0.282 e. The highest BCUT2D eigenvalue weighted by Crippen LogP contribution is 2.20. The van der Waals surface area contributed by atoms with Crippen LogP contribution in [0.15, 0.2) is 0 Å². The third-order valence-corrected chi connectivity index (χ3v) is 5.97. The Morgan fingerprint density at radius 2 is 2.25 bits per heavy atom. The first-order valence-electron chi connectivity index (χ1n) is 5.51. The maximum atomic E-state index is 12.2. The maximum absolute atomic E-state index is 12.2. The fraction of sp³-hybridized carbons (Fsp3) is 1.00. The van der Waals surface area contributed by atoms with Crippen molar-refractivity contribution in [3.63, 3.8) is 0 Å². The van der Waals surface area contributed by atoms with Gasteiger partial charge in [-0.2, -0.15) is 28.8 Å². The van der Waals surface area contributed by atoms with E-state index in [1.165, 1.54) is 4.31 Å². The molecule has 16 heavy (non-hydrogen) atoms. The van der Waals surface area contributed by atoms with Crippen molar-refractivity contribution >= 4 is 22.0 Å². The zero-order valence-corrected chi connectivity index (χ0v) is 11.6. The van der Waals surface area contributed by atoms with Gasteiger partial charge in [0.2, 0.25) is 0 Å². The standard InChI is InChI=1S/C9H21N3O2S2/c1-9-8-15-7-6-12(9)16(13,14)11(2)5-3-4-10/h9H,3-8,10H2,1-2H3. The minimum atomic E-state index is -3.29. The summed E-state index contributed by atoms with van der Waals surface area (Å²) in [6.07, 6.45) is 0.701. The molecule has 0 saturated carbocycles. The zero-order chi connectivity index (χ0) is 12.2. The summed E-state index contributed by atoms with van der Waals surface area (Å²) in [5.41, 5.74) is 5.39. The summed E-state index contributed by atoms with van der Waals surface area (Å²) < 4.78 is 27.4. The lowest BCUT2D eigenvalue weighted by molar-refractivity contribution is 0.327. The summed E-state index contributed by atoms with van der Waals surface area (Å²) in [5.74, 6) is 1.76. The van der Waals surface area contributed by atoms with Crippen molar-refractivity contribution in [2.75, 3.05) is 38.2 Å². The van der Waals surface area contributed by atoms with E-state index < -0.39 is 10.2 Å². The van der Waals surface area contributed by atoms with E-state index in [-0.39, 0.29) is 6.04 Å². The van der Waals surface area contributed by atoms with Crippen LogP contribution < -0.4 is 5.73 Å². The van der Waals surface area contributed by atoms with E-state index in [9.17, 15) is 8.42 Å². The molecule has 0 aromatic carbocycles. The van der Waals surface area contributed by atoms with Crippen molar-refractivity contribution in [3.05, 3.63) is 0 Å². The van der Waals surface area contributed by atoms with Crippen LogP contribution in [0.1, 0.15) is 13.3 Å². The van der Waals surface area contributed by atoms with Crippen molar-refractivity contribution in [2.24, 2.45) is 5.73 Å². The van der Waals surface area contributed by atoms with Crippen molar-refractivity contribution in [2.45, 2.75) is 19.4 Å². The van der Waals surface area contributed by atoms with Crippen molar-refractivity contribution in [1.29, 1.82) is 0 Å². The quantitative estimate of drug-likeness (QED) is 0.758. The van der Waals surface area contributed by atoms with Crippen molar-refractivity contribution in [1.82, 2.24) is 8.61 Å². The van der Waals surface area contributed by atoms with E-state index in [0.29, 0.717) is 26.1 Å². The molecule has 1 rings (SSSR count). The summed E-state index contributed by atoms with van der Waals surface area (Å²) in [7, 11) is -1.66. The van der Waals surface area contributed by atoms with Crippen molar-refractivity contribution < 1.29 is 8.42 Å². The number of nitrogens with zero attached hydrogens (tertiary/aromatic N) is 2. The van der Waals surface area contributed by atoms with Gasteiger partial charge in [-0.15, -0.1) is 0 Å². The van der Waals surface area contributed by atoms with Crippen molar-refractivity contribution in [3.8, 4) is 0 Å². The van der Waals surface area contributed by atoms with Crippen LogP contribution in [0.25, 0.3) is 0 Å². The number of thioether (sulfide) groups is 1. The van der Waals surface area contributed by atoms with Gasteiger partial charge in [0.15, 0.2) is 0 Å². The van der Waals surface area contributed by atoms with Gasteiger partial charge < -0.3 is 5.73 Å². The summed E-state index contributed by atoms with van der Waals surface area (Å²) in [4.78, 5) is 0. The van der Waals surface area contributed by atoms with Crippen LogP contribution in [-0.4, -0.2) is 61.3 Å². The molecule has 1 saturated heterocycles. The first-order chi connectivity index (χ1) is 7.50. The van der Waals surface area contributed by atoms with E-state index in [1.54, 1.807) is 11.4 Å². The predicted octanol–water partition coefficient (Wildman–Crippen LogP) is -0.0509. The molecule has 7 heteroatoms. The number of hydrogen-bond donors (Lipinski definition) is 1. The normalized spacial score (nSPS) is 23.9. The number of nitrogens with two attached hydrogens (primary N) is 1. The summed E-state index contributed by atoms with van der Waals surface area (Å²) >= 11 is 1.81. The molecule has 1 heterocycles. The van der Waals surface area contributed by atoms with Gasteiger partial charge in [0.1, 0.15) is 0 Å². The van der Waals surface area contributed by atoms with Crippen LogP contribution in [0.3, 0.4) is 0 Å². The lowest BCUT2D eigenvalue weighted by atomic mass is 10.4. The molecule has 0 bridgehead atoms. The van der Waals surface area contributed by atoms with Gasteiger partial charge in [0.05, 0.1) is 0 Å². The fourth-order valence-electron chi connectivity index (χ4n) is 1.66. The van der Waals surface area contributed by atoms with E-state index in [2.05, 4.69) is 0 Å². The van der Waals surface area contributed by atoms with Gasteiger partial charge in [0, 0.05) is 37.7 Å². The third kappa shape index (κ3) is 3.33. The molecule has 0 radical (unpaired) electrons. The largest absolute Gasteiger partial charge is 0.330 e. The first-order valence-corrected chi connectivity index (χ1v) is 8.06. The molecule has 1 fully saturated rings. The molecule has 1 atom stereocenters. The Labute approximate surface area is 103 Å². The molecule has 1 aliphatic heterocycles. The predicted molar refractivity (Wildman–Crippen MR) is 68.7 cm³/mol. The first kappa shape index (κ1) is 14.2. The molecule has 0 aromatic rings. The van der Waals surface area contributed by atoms with Crippen LogP contribution in [0.5, 0.6) is 0 Å². The minimum absolute atomic E-state index is 0.0871. The van der Waals surface area contributed by atoms with Gasteiger partial charge in [0.25, 0.3) is 10.2 Å². The Kier molecular flexibility index (Phi) is 5.52. The van der Waals surface area contributed by atoms with Crippen LogP contribution in [0.4, 0.5) is 0 Å². The minimum Gasteiger partial charge on any atom is -0.330 e. The monoisotopic (exact) mass is 267 g/mol. The van der Waals surface area contributed by atoms with E-state index in [0.717, 1.165) is 11.5 Å². The molecular weight excluding hydrogens is 246 g/mol. The molecule has 0 aliphatic carbocycles. The van der Waals surface area contributed by atoms with Crippen LogP contribution in [0.2, 0.25) is 0 Å². The second kappa shape index (κ2) is 6.20. The second-order valence-electron chi connectivity index (χ2n) is 4.01. The maximum Gasteiger partial charge on any atom is 0.282 e. The molecule has 0 spiro atoms. The van der Waals surface area contributed by atoms with E-state index in [1.807, 2.05) is 18.7 Å². The molecule has 96 valence electrons. The van der Waals surface area contributed by atoms with Gasteiger partial charge in [-0.1, -0.05) is 0 Å². The summed E-state index contributed by atoms with van der Waals surface area (Å²) in [5, 5.41) is 0. The Hall–Kier alpha value is 0.180. The topological polar surface area (TPSA) is 66.6 Å². The van der Waals surface area contributed by atoms with Crippen LogP contribution in [0, 0.1) is 0 Å². The highest BCUT2D eigenvalue weighted by molar-refractivity contribution is 7.99. The molecule has 0 amide bonds. The Morgan fingerprint density at radius 3 is 2.81 bits per heavy atom. The molecule has 1 aliphatic rings.